The summed E-state index contributed by atoms with van der Waals surface area (Å²) < 4.78 is 31.7. The van der Waals surface area contributed by atoms with Gasteiger partial charge in [-0.05, 0) is 36.5 Å². The number of thioether (sulfide) groups is 1. The normalized spacial score (nSPS) is 19.3. The van der Waals surface area contributed by atoms with Crippen LogP contribution in [0.25, 0.3) is 0 Å². The molecule has 0 spiro atoms. The zero-order valence-corrected chi connectivity index (χ0v) is 15.9. The first kappa shape index (κ1) is 23.1. The molecule has 2 atom stereocenters. The third-order valence-corrected chi connectivity index (χ3v) is 5.70. The van der Waals surface area contributed by atoms with Crippen molar-refractivity contribution in [1.82, 2.24) is 0 Å². The van der Waals surface area contributed by atoms with E-state index in [2.05, 4.69) is 43.1 Å². The van der Waals surface area contributed by atoms with Crippen LogP contribution in [0, 0.1) is 5.92 Å². The smallest absolute Gasteiger partial charge is 0.481 e. The Bertz CT molecular complexity index is 637. The van der Waals surface area contributed by atoms with Crippen molar-refractivity contribution in [2.75, 3.05) is 11.1 Å². The number of aliphatic carboxylic acids is 2. The molecule has 2 unspecified atom stereocenters. The molecule has 3 N–H and O–H groups in total. The maximum absolute atomic E-state index is 10.6. The van der Waals surface area contributed by atoms with Gasteiger partial charge in [-0.25, -0.2) is 4.79 Å². The van der Waals surface area contributed by atoms with E-state index in [1.165, 1.54) is 6.42 Å². The van der Waals surface area contributed by atoms with E-state index in [9.17, 15) is 18.0 Å². The van der Waals surface area contributed by atoms with Gasteiger partial charge in [-0.1, -0.05) is 26.0 Å². The number of carboxylic acids is 2. The molecule has 1 aliphatic rings. The summed E-state index contributed by atoms with van der Waals surface area (Å²) >= 11 is 2.06. The molecular weight excluding hydrogens is 383 g/mol. The van der Waals surface area contributed by atoms with Crippen LogP contribution < -0.4 is 5.32 Å². The highest BCUT2D eigenvalue weighted by Gasteiger charge is 2.38. The van der Waals surface area contributed by atoms with E-state index in [4.69, 9.17) is 15.0 Å². The number of benzene rings is 1. The van der Waals surface area contributed by atoms with Crippen molar-refractivity contribution in [3.8, 4) is 0 Å². The summed E-state index contributed by atoms with van der Waals surface area (Å²) in [6.45, 7) is 4.57. The summed E-state index contributed by atoms with van der Waals surface area (Å²) in [5, 5.41) is 20.2. The van der Waals surface area contributed by atoms with Gasteiger partial charge in [0.05, 0.1) is 0 Å². The SMILES string of the molecule is CC(C)C1CC(Nc2cccc(CCC(=O)O)c2)CS1.O=C(O)C(F)(F)F. The topological polar surface area (TPSA) is 86.6 Å². The number of hydrogen-bond acceptors (Lipinski definition) is 4. The minimum atomic E-state index is -5.08. The van der Waals surface area contributed by atoms with Crippen molar-refractivity contribution in [3.05, 3.63) is 29.8 Å². The van der Waals surface area contributed by atoms with Crippen molar-refractivity contribution < 1.29 is 33.0 Å². The molecule has 152 valence electrons. The molecule has 1 fully saturated rings. The standard InChI is InChI=1S/C16H23NO2S.C2HF3O2/c1-11(2)15-9-14(10-20-15)17-13-5-3-4-12(8-13)6-7-16(18)19;3-2(4,5)1(6)7/h3-5,8,11,14-15,17H,6-7,9-10H2,1-2H3,(H,18,19);(H,6,7). The fraction of sp³-hybridized carbons (Fsp3) is 0.556. The van der Waals surface area contributed by atoms with E-state index < -0.39 is 18.1 Å². The molecule has 27 heavy (non-hydrogen) atoms. The molecule has 5 nitrogen and oxygen atoms in total. The molecule has 0 bridgehead atoms. The fourth-order valence-corrected chi connectivity index (χ4v) is 3.98. The number of carboxylic acid groups (broad SMARTS) is 2. The van der Waals surface area contributed by atoms with Crippen molar-refractivity contribution in [2.45, 2.75) is 50.6 Å². The predicted octanol–water partition coefficient (Wildman–Crippen LogP) is 4.28. The first-order valence-electron chi connectivity index (χ1n) is 8.48. The molecule has 2 rings (SSSR count). The van der Waals surface area contributed by atoms with Crippen LogP contribution in [-0.4, -0.2) is 45.4 Å². The summed E-state index contributed by atoms with van der Waals surface area (Å²) in [7, 11) is 0. The van der Waals surface area contributed by atoms with Crippen LogP contribution in [0.5, 0.6) is 0 Å². The van der Waals surface area contributed by atoms with Crippen LogP contribution in [-0.2, 0) is 16.0 Å². The zero-order chi connectivity index (χ0) is 20.6. The Morgan fingerprint density at radius 1 is 1.30 bits per heavy atom. The Hall–Kier alpha value is -1.90. The lowest BCUT2D eigenvalue weighted by Crippen LogP contribution is -2.21. The van der Waals surface area contributed by atoms with Gasteiger partial charge < -0.3 is 15.5 Å². The van der Waals surface area contributed by atoms with Gasteiger partial charge in [0.1, 0.15) is 0 Å². The van der Waals surface area contributed by atoms with Crippen molar-refractivity contribution >= 4 is 29.4 Å². The summed E-state index contributed by atoms with van der Waals surface area (Å²) in [5.41, 5.74) is 2.20. The van der Waals surface area contributed by atoms with Gasteiger partial charge in [-0.15, -0.1) is 0 Å². The quantitative estimate of drug-likeness (QED) is 0.653. The minimum absolute atomic E-state index is 0.193. The second-order valence-corrected chi connectivity index (χ2v) is 7.86. The Balaban J connectivity index is 0.000000445. The van der Waals surface area contributed by atoms with Crippen LogP contribution in [0.4, 0.5) is 18.9 Å². The Morgan fingerprint density at radius 3 is 2.41 bits per heavy atom. The fourth-order valence-electron chi connectivity index (χ4n) is 2.53. The van der Waals surface area contributed by atoms with Crippen LogP contribution in [0.15, 0.2) is 24.3 Å². The van der Waals surface area contributed by atoms with Crippen molar-refractivity contribution in [3.63, 3.8) is 0 Å². The Morgan fingerprint density at radius 2 is 1.93 bits per heavy atom. The summed E-state index contributed by atoms with van der Waals surface area (Å²) in [4.78, 5) is 19.5. The molecule has 0 aromatic heterocycles. The summed E-state index contributed by atoms with van der Waals surface area (Å²) in [5.74, 6) is -1.61. The van der Waals surface area contributed by atoms with E-state index in [1.807, 2.05) is 12.1 Å². The van der Waals surface area contributed by atoms with Gasteiger partial charge in [0.25, 0.3) is 0 Å². The van der Waals surface area contributed by atoms with E-state index in [1.54, 1.807) is 0 Å². The average molecular weight is 407 g/mol. The second kappa shape index (κ2) is 10.4. The molecule has 9 heteroatoms. The number of carbonyl (C=O) groups is 2. The number of nitrogens with one attached hydrogen (secondary N) is 1. The average Bonchev–Trinajstić information content (AvgIpc) is 3.02. The van der Waals surface area contributed by atoms with E-state index >= 15 is 0 Å². The molecule has 1 aliphatic heterocycles. The van der Waals surface area contributed by atoms with Gasteiger partial charge in [-0.3, -0.25) is 4.79 Å². The maximum atomic E-state index is 10.6. The largest absolute Gasteiger partial charge is 0.490 e. The van der Waals surface area contributed by atoms with Crippen molar-refractivity contribution in [1.29, 1.82) is 0 Å². The molecule has 0 aliphatic carbocycles. The highest BCUT2D eigenvalue weighted by molar-refractivity contribution is 8.00. The lowest BCUT2D eigenvalue weighted by atomic mass is 10.0. The van der Waals surface area contributed by atoms with Gasteiger partial charge in [0.2, 0.25) is 0 Å². The third kappa shape index (κ3) is 9.03. The van der Waals surface area contributed by atoms with Crippen LogP contribution in [0.3, 0.4) is 0 Å². The minimum Gasteiger partial charge on any atom is -0.481 e. The zero-order valence-electron chi connectivity index (χ0n) is 15.1. The van der Waals surface area contributed by atoms with E-state index in [-0.39, 0.29) is 6.42 Å². The van der Waals surface area contributed by atoms with Gasteiger partial charge in [0.15, 0.2) is 0 Å². The van der Waals surface area contributed by atoms with Crippen LogP contribution >= 0.6 is 11.8 Å². The van der Waals surface area contributed by atoms with E-state index in [0.29, 0.717) is 12.5 Å². The molecule has 1 heterocycles. The third-order valence-electron chi connectivity index (χ3n) is 3.94. The lowest BCUT2D eigenvalue weighted by molar-refractivity contribution is -0.192. The Kier molecular flexibility index (Phi) is 8.95. The first-order valence-corrected chi connectivity index (χ1v) is 9.53. The molecule has 0 amide bonds. The number of aryl methyl sites for hydroxylation is 1. The maximum Gasteiger partial charge on any atom is 0.490 e. The van der Waals surface area contributed by atoms with E-state index in [0.717, 1.165) is 28.2 Å². The van der Waals surface area contributed by atoms with Gasteiger partial charge >= 0.3 is 18.1 Å². The molecule has 0 saturated carbocycles. The van der Waals surface area contributed by atoms with Gasteiger partial charge in [-0.2, -0.15) is 24.9 Å². The highest BCUT2D eigenvalue weighted by Crippen LogP contribution is 2.33. The lowest BCUT2D eigenvalue weighted by Gasteiger charge is -2.16. The van der Waals surface area contributed by atoms with Crippen molar-refractivity contribution in [2.24, 2.45) is 5.92 Å². The number of anilines is 1. The predicted molar refractivity (Wildman–Crippen MR) is 99.2 cm³/mol. The Labute approximate surface area is 160 Å². The summed E-state index contributed by atoms with van der Waals surface area (Å²) in [6.07, 6.45) is -3.08. The summed E-state index contributed by atoms with van der Waals surface area (Å²) in [6, 6.07) is 8.67. The molecule has 1 aromatic rings. The first-order chi connectivity index (χ1) is 12.5. The molecule has 1 saturated heterocycles. The molecule has 0 radical (unpaired) electrons. The number of halogens is 3. The highest BCUT2D eigenvalue weighted by atomic mass is 32.2. The monoisotopic (exact) mass is 407 g/mol. The van der Waals surface area contributed by atoms with Crippen LogP contribution in [0.1, 0.15) is 32.3 Å². The number of hydrogen-bond donors (Lipinski definition) is 3. The van der Waals surface area contributed by atoms with Crippen LogP contribution in [0.2, 0.25) is 0 Å². The number of rotatable bonds is 6. The second-order valence-electron chi connectivity index (χ2n) is 6.59. The van der Waals surface area contributed by atoms with Gasteiger partial charge in [0, 0.05) is 29.2 Å². The molecule has 1 aromatic carbocycles. The number of alkyl halides is 3. The molecular formula is C18H24F3NO4S.